The molecular weight excluding hydrogens is 256 g/mol. The van der Waals surface area contributed by atoms with Crippen LogP contribution in [0.3, 0.4) is 0 Å². The van der Waals surface area contributed by atoms with Crippen molar-refractivity contribution >= 4 is 16.0 Å². The summed E-state index contributed by atoms with van der Waals surface area (Å²) in [5.41, 5.74) is 5.88. The van der Waals surface area contributed by atoms with Gasteiger partial charge in [0.05, 0.1) is 12.9 Å². The fourth-order valence-corrected chi connectivity index (χ4v) is 3.50. The molecule has 0 bridgehead atoms. The Hall–Kier alpha value is -0.660. The molecule has 1 saturated heterocycles. The number of methoxy groups -OCH3 is 1. The number of hydrogen-bond acceptors (Lipinski definition) is 5. The molecule has 0 aromatic rings. The van der Waals surface area contributed by atoms with Crippen molar-refractivity contribution in [3.8, 4) is 0 Å². The summed E-state index contributed by atoms with van der Waals surface area (Å²) in [6.07, 6.45) is 1.21. The van der Waals surface area contributed by atoms with Gasteiger partial charge in [0.1, 0.15) is 0 Å². The molecule has 2 N–H and O–H groups in total. The van der Waals surface area contributed by atoms with Crippen LogP contribution in [0.25, 0.3) is 0 Å². The third-order valence-electron chi connectivity index (χ3n) is 3.38. The van der Waals surface area contributed by atoms with Gasteiger partial charge in [-0.15, -0.1) is 0 Å². The van der Waals surface area contributed by atoms with Crippen LogP contribution in [0.1, 0.15) is 26.2 Å². The van der Waals surface area contributed by atoms with Gasteiger partial charge >= 0.3 is 5.97 Å². The Labute approximate surface area is 109 Å². The molecule has 1 aliphatic rings. The molecule has 0 amide bonds. The average molecular weight is 278 g/mol. The van der Waals surface area contributed by atoms with Gasteiger partial charge in [-0.05, 0) is 18.8 Å². The van der Waals surface area contributed by atoms with Crippen LogP contribution in [0.4, 0.5) is 0 Å². The zero-order chi connectivity index (χ0) is 13.8. The van der Waals surface area contributed by atoms with E-state index in [2.05, 4.69) is 4.74 Å². The number of piperidine rings is 1. The second-order valence-electron chi connectivity index (χ2n) is 4.78. The third-order valence-corrected chi connectivity index (χ3v) is 5.31. The lowest BCUT2D eigenvalue weighted by atomic mass is 9.96. The molecular formula is C11H22N2O4S. The molecule has 0 spiro atoms. The molecule has 1 fully saturated rings. The fourth-order valence-electron chi connectivity index (χ4n) is 1.95. The minimum Gasteiger partial charge on any atom is -0.469 e. The van der Waals surface area contributed by atoms with Gasteiger partial charge in [0, 0.05) is 25.6 Å². The Morgan fingerprint density at radius 1 is 1.50 bits per heavy atom. The van der Waals surface area contributed by atoms with Gasteiger partial charge in [-0.2, -0.15) is 0 Å². The van der Waals surface area contributed by atoms with E-state index < -0.39 is 10.0 Å². The number of sulfonamides is 1. The van der Waals surface area contributed by atoms with Crippen molar-refractivity contribution < 1.29 is 17.9 Å². The molecule has 0 saturated carbocycles. The van der Waals surface area contributed by atoms with Crippen molar-refractivity contribution in [2.75, 3.05) is 26.0 Å². The van der Waals surface area contributed by atoms with Crippen LogP contribution in [0.5, 0.6) is 0 Å². The fraction of sp³-hybridized carbons (Fsp3) is 0.909. The normalized spacial score (nSPS) is 25.9. The Morgan fingerprint density at radius 2 is 2.17 bits per heavy atom. The van der Waals surface area contributed by atoms with Gasteiger partial charge in [0.15, 0.2) is 0 Å². The monoisotopic (exact) mass is 278 g/mol. The molecule has 2 atom stereocenters. The van der Waals surface area contributed by atoms with E-state index in [0.717, 1.165) is 6.42 Å². The van der Waals surface area contributed by atoms with Gasteiger partial charge in [-0.25, -0.2) is 12.7 Å². The van der Waals surface area contributed by atoms with Crippen molar-refractivity contribution in [2.45, 2.75) is 32.2 Å². The third kappa shape index (κ3) is 4.22. The Balaban J connectivity index is 2.46. The first kappa shape index (κ1) is 15.4. The number of nitrogens with zero attached hydrogens (tertiary/aromatic N) is 1. The number of esters is 1. The first-order valence-electron chi connectivity index (χ1n) is 6.17. The maximum Gasteiger partial charge on any atom is 0.305 e. The van der Waals surface area contributed by atoms with Crippen molar-refractivity contribution in [3.05, 3.63) is 0 Å². The molecule has 0 aliphatic carbocycles. The second kappa shape index (κ2) is 6.49. The van der Waals surface area contributed by atoms with E-state index in [0.29, 0.717) is 19.0 Å². The highest BCUT2D eigenvalue weighted by Gasteiger charge is 2.30. The molecule has 2 unspecified atom stereocenters. The molecule has 1 rings (SSSR count). The highest BCUT2D eigenvalue weighted by molar-refractivity contribution is 7.89. The molecule has 106 valence electrons. The van der Waals surface area contributed by atoms with E-state index in [1.807, 2.05) is 6.92 Å². The molecule has 0 radical (unpaired) electrons. The zero-order valence-corrected chi connectivity index (χ0v) is 11.8. The summed E-state index contributed by atoms with van der Waals surface area (Å²) in [5.74, 6) is -0.0517. The van der Waals surface area contributed by atoms with E-state index in [1.165, 1.54) is 11.4 Å². The molecule has 7 heteroatoms. The summed E-state index contributed by atoms with van der Waals surface area (Å²) >= 11 is 0. The smallest absolute Gasteiger partial charge is 0.305 e. The van der Waals surface area contributed by atoms with Crippen LogP contribution in [0.15, 0.2) is 0 Å². The van der Waals surface area contributed by atoms with Crippen LogP contribution in [0.2, 0.25) is 0 Å². The lowest BCUT2D eigenvalue weighted by molar-refractivity contribution is -0.140. The maximum atomic E-state index is 12.0. The summed E-state index contributed by atoms with van der Waals surface area (Å²) in [5, 5.41) is 0. The second-order valence-corrected chi connectivity index (χ2v) is 6.87. The van der Waals surface area contributed by atoms with Gasteiger partial charge in [-0.3, -0.25) is 4.79 Å². The Bertz CT molecular complexity index is 383. The van der Waals surface area contributed by atoms with Crippen LogP contribution in [-0.4, -0.2) is 50.7 Å². The molecule has 1 aliphatic heterocycles. The Morgan fingerprint density at radius 3 is 2.72 bits per heavy atom. The quantitative estimate of drug-likeness (QED) is 0.711. The van der Waals surface area contributed by atoms with Gasteiger partial charge < -0.3 is 10.5 Å². The highest BCUT2D eigenvalue weighted by atomic mass is 32.2. The lowest BCUT2D eigenvalue weighted by Gasteiger charge is -2.34. The first-order chi connectivity index (χ1) is 8.36. The van der Waals surface area contributed by atoms with Gasteiger partial charge in [-0.1, -0.05) is 6.92 Å². The van der Waals surface area contributed by atoms with Crippen LogP contribution in [-0.2, 0) is 19.6 Å². The van der Waals surface area contributed by atoms with Crippen molar-refractivity contribution in [1.29, 1.82) is 0 Å². The van der Waals surface area contributed by atoms with Crippen molar-refractivity contribution in [3.63, 3.8) is 0 Å². The number of ether oxygens (including phenoxy) is 1. The largest absolute Gasteiger partial charge is 0.469 e. The summed E-state index contributed by atoms with van der Waals surface area (Å²) in [7, 11) is -2.00. The van der Waals surface area contributed by atoms with E-state index in [4.69, 9.17) is 5.73 Å². The number of carbonyl (C=O) groups is 1. The zero-order valence-electron chi connectivity index (χ0n) is 11.0. The van der Waals surface area contributed by atoms with Crippen molar-refractivity contribution in [2.24, 2.45) is 11.7 Å². The number of carbonyl (C=O) groups excluding carboxylic acids is 1. The molecule has 6 nitrogen and oxygen atoms in total. The van der Waals surface area contributed by atoms with E-state index in [9.17, 15) is 13.2 Å². The van der Waals surface area contributed by atoms with E-state index >= 15 is 0 Å². The Kier molecular flexibility index (Phi) is 5.55. The van der Waals surface area contributed by atoms with E-state index in [1.54, 1.807) is 0 Å². The molecule has 18 heavy (non-hydrogen) atoms. The number of hydrogen-bond donors (Lipinski definition) is 1. The summed E-state index contributed by atoms with van der Waals surface area (Å²) < 4.78 is 30.0. The molecule has 0 aromatic carbocycles. The highest BCUT2D eigenvalue weighted by Crippen LogP contribution is 2.19. The average Bonchev–Trinajstić information content (AvgIpc) is 2.32. The minimum atomic E-state index is -3.30. The maximum absolute atomic E-state index is 12.0. The predicted octanol–water partition coefficient (Wildman–Crippen LogP) is -0.0615. The van der Waals surface area contributed by atoms with E-state index in [-0.39, 0.29) is 30.6 Å². The van der Waals surface area contributed by atoms with Crippen LogP contribution >= 0.6 is 0 Å². The standard InChI is InChI=1S/C11H22N2O4S/c1-9-5-6-13(8-10(9)12)18(15,16)7-3-4-11(14)17-2/h9-10H,3-8,12H2,1-2H3. The first-order valence-corrected chi connectivity index (χ1v) is 7.78. The van der Waals surface area contributed by atoms with Crippen molar-refractivity contribution in [1.82, 2.24) is 4.31 Å². The number of rotatable bonds is 5. The predicted molar refractivity (Wildman–Crippen MR) is 68.4 cm³/mol. The summed E-state index contributed by atoms with van der Waals surface area (Å²) in [4.78, 5) is 10.9. The molecule has 0 aromatic heterocycles. The lowest BCUT2D eigenvalue weighted by Crippen LogP contribution is -2.50. The van der Waals surface area contributed by atoms with Gasteiger partial charge in [0.25, 0.3) is 0 Å². The van der Waals surface area contributed by atoms with Crippen LogP contribution in [0, 0.1) is 5.92 Å². The topological polar surface area (TPSA) is 89.7 Å². The van der Waals surface area contributed by atoms with Crippen LogP contribution < -0.4 is 5.73 Å². The minimum absolute atomic E-state index is 0.0246. The SMILES string of the molecule is COC(=O)CCCS(=O)(=O)N1CCC(C)C(N)C1. The molecule has 1 heterocycles. The number of nitrogens with two attached hydrogens (primary N) is 1. The summed E-state index contributed by atoms with van der Waals surface area (Å²) in [6, 6.07) is -0.103. The van der Waals surface area contributed by atoms with Gasteiger partial charge in [0.2, 0.25) is 10.0 Å². The summed E-state index contributed by atoms with van der Waals surface area (Å²) in [6.45, 7) is 2.93.